The van der Waals surface area contributed by atoms with Crippen LogP contribution in [-0.2, 0) is 35.6 Å². The van der Waals surface area contributed by atoms with Crippen LogP contribution in [0.5, 0.6) is 5.75 Å². The number of ether oxygens (including phenoxy) is 2. The van der Waals surface area contributed by atoms with Crippen molar-refractivity contribution in [1.29, 1.82) is 0 Å². The molecule has 0 radical (unpaired) electrons. The fourth-order valence-corrected chi connectivity index (χ4v) is 7.53. The molecule has 0 amide bonds. The van der Waals surface area contributed by atoms with Gasteiger partial charge in [-0.25, -0.2) is 0 Å². The third-order valence-electron chi connectivity index (χ3n) is 8.49. The highest BCUT2D eigenvalue weighted by atomic mass is 32.2. The van der Waals surface area contributed by atoms with E-state index in [9.17, 15) is 30.7 Å². The number of nitrogens with zero attached hydrogens (tertiary/aromatic N) is 2. The molecule has 53 heavy (non-hydrogen) atoms. The average molecular weight is 754 g/mol. The number of carbonyl (C=O) groups is 1. The number of anilines is 1. The highest BCUT2D eigenvalue weighted by molar-refractivity contribution is 7.90. The molecule has 4 aromatic carbocycles. The SMILES string of the molecule is C=C=C=C(N1C(=CC(=Cc2oc3cc4c(cc3[n+]2CS(=O)(=O)O)oc2ccccc24)CC(=O)OC)Oc2cc3c(cc21)oc1ccccc13)S(=O)(=O)O. The second kappa shape index (κ2) is 12.4. The van der Waals surface area contributed by atoms with E-state index in [2.05, 4.69) is 18.0 Å². The fraction of sp³-hybridized carbons (Fsp3) is 0.0811. The van der Waals surface area contributed by atoms with Crippen LogP contribution in [0.1, 0.15) is 12.3 Å². The van der Waals surface area contributed by atoms with Crippen LogP contribution in [0.25, 0.3) is 61.1 Å². The Hall–Kier alpha value is -6.38. The van der Waals surface area contributed by atoms with E-state index in [0.29, 0.717) is 33.1 Å². The molecule has 0 unspecified atom stereocenters. The van der Waals surface area contributed by atoms with Gasteiger partial charge >= 0.3 is 32.1 Å². The molecule has 4 heterocycles. The van der Waals surface area contributed by atoms with Crippen LogP contribution < -0.4 is 14.2 Å². The number of hydrogen-bond donors (Lipinski definition) is 2. The third-order valence-corrected chi connectivity index (χ3v) is 9.85. The molecule has 14 nitrogen and oxygen atoms in total. The maximum Gasteiger partial charge on any atom is 0.375 e. The smallest absolute Gasteiger partial charge is 0.375 e. The first-order valence-electron chi connectivity index (χ1n) is 15.6. The molecule has 8 rings (SSSR count). The number of para-hydroxylation sites is 2. The third kappa shape index (κ3) is 6.07. The van der Waals surface area contributed by atoms with Gasteiger partial charge in [0.15, 0.2) is 5.75 Å². The molecule has 1 aliphatic heterocycles. The molecule has 2 N–H and O–H groups in total. The normalized spacial score (nSPS) is 14.3. The van der Waals surface area contributed by atoms with Crippen molar-refractivity contribution in [3.63, 3.8) is 0 Å². The van der Waals surface area contributed by atoms with Crippen LogP contribution in [0.15, 0.2) is 127 Å². The molecular formula is C37H25N2O12S2+. The predicted molar refractivity (Wildman–Crippen MR) is 192 cm³/mol. The largest absolute Gasteiger partial charge is 0.469 e. The lowest BCUT2D eigenvalue weighted by Crippen LogP contribution is -2.39. The number of esters is 1. The summed E-state index contributed by atoms with van der Waals surface area (Å²) < 4.78 is 101. The van der Waals surface area contributed by atoms with Crippen LogP contribution in [0, 0.1) is 0 Å². The minimum Gasteiger partial charge on any atom is -0.469 e. The first-order valence-corrected chi connectivity index (χ1v) is 18.6. The Morgan fingerprint density at radius 3 is 2.13 bits per heavy atom. The summed E-state index contributed by atoms with van der Waals surface area (Å²) in [6.07, 6.45) is 2.12. The Bertz CT molecular complexity index is 3100. The van der Waals surface area contributed by atoms with E-state index in [-0.39, 0.29) is 39.9 Å². The Morgan fingerprint density at radius 2 is 1.51 bits per heavy atom. The zero-order valence-electron chi connectivity index (χ0n) is 27.4. The standard InChI is InChI=1S/C37H24N2O12S2/c1-3-8-36(53(44,45)46)39-27-19-31-25(23-10-5-7-12-29(23)49-31)17-33(27)51-35(39)14-21(15-37(40)47-2)13-34-38(20-52(41,42)43)26-18-30-24(16-32(26)50-34)22-9-4-6-11-28(22)48-30/h4-7,9-14,16-19H,1,15,20H2,2H3,(H-,41,42,43,44,45,46)/p+1. The maximum atomic E-state index is 12.8. The Labute approximate surface area is 299 Å². The summed E-state index contributed by atoms with van der Waals surface area (Å²) in [5.41, 5.74) is 7.15. The van der Waals surface area contributed by atoms with Gasteiger partial charge in [-0.05, 0) is 42.1 Å². The molecule has 0 spiro atoms. The summed E-state index contributed by atoms with van der Waals surface area (Å²) in [4.78, 5) is 13.8. The first kappa shape index (κ1) is 33.7. The van der Waals surface area contributed by atoms with Crippen molar-refractivity contribution >= 4 is 92.9 Å². The molecule has 7 aromatic rings. The lowest BCUT2D eigenvalue weighted by molar-refractivity contribution is -0.658. The minimum atomic E-state index is -5.02. The van der Waals surface area contributed by atoms with Gasteiger partial charge in [0.25, 0.3) is 11.4 Å². The van der Waals surface area contributed by atoms with E-state index >= 15 is 0 Å². The Morgan fingerprint density at radius 1 is 0.868 bits per heavy atom. The van der Waals surface area contributed by atoms with Gasteiger partial charge in [0.1, 0.15) is 22.3 Å². The summed E-state index contributed by atoms with van der Waals surface area (Å²) in [5, 5.41) is 2.05. The van der Waals surface area contributed by atoms with Crippen LogP contribution in [0.4, 0.5) is 5.69 Å². The number of allylic oxidation sites excluding steroid dienone is 1. The second-order valence-electron chi connectivity index (χ2n) is 11.9. The topological polar surface area (TPSA) is 191 Å². The van der Waals surface area contributed by atoms with Crippen molar-refractivity contribution in [2.75, 3.05) is 12.0 Å². The van der Waals surface area contributed by atoms with Crippen molar-refractivity contribution in [1.82, 2.24) is 0 Å². The van der Waals surface area contributed by atoms with E-state index in [1.807, 2.05) is 30.3 Å². The van der Waals surface area contributed by atoms with Gasteiger partial charge in [-0.1, -0.05) is 42.1 Å². The van der Waals surface area contributed by atoms with Crippen LogP contribution in [0.3, 0.4) is 0 Å². The molecule has 0 atom stereocenters. The second-order valence-corrected chi connectivity index (χ2v) is 14.6. The number of hydrogen-bond acceptors (Lipinski definition) is 11. The number of rotatable bonds is 8. The summed E-state index contributed by atoms with van der Waals surface area (Å²) >= 11 is 0. The number of oxazole rings is 1. The summed E-state index contributed by atoms with van der Waals surface area (Å²) in [6.45, 7) is 3.40. The Kier molecular flexibility index (Phi) is 7.89. The van der Waals surface area contributed by atoms with Gasteiger partial charge in [0, 0.05) is 33.7 Å². The molecule has 266 valence electrons. The van der Waals surface area contributed by atoms with E-state index in [0.717, 1.165) is 22.8 Å². The number of carbonyl (C=O) groups excluding carboxylic acids is 1. The number of fused-ring (bicyclic) bond motifs is 8. The van der Waals surface area contributed by atoms with E-state index in [4.69, 9.17) is 22.7 Å². The number of benzene rings is 4. The molecule has 1 aliphatic rings. The van der Waals surface area contributed by atoms with Gasteiger partial charge in [-0.2, -0.15) is 16.8 Å². The first-order chi connectivity index (χ1) is 25.3. The van der Waals surface area contributed by atoms with Crippen molar-refractivity contribution in [2.45, 2.75) is 12.3 Å². The lowest BCUT2D eigenvalue weighted by atomic mass is 10.1. The lowest BCUT2D eigenvalue weighted by Gasteiger charge is -2.18. The molecule has 0 aliphatic carbocycles. The van der Waals surface area contributed by atoms with Crippen molar-refractivity contribution in [2.24, 2.45) is 0 Å². The van der Waals surface area contributed by atoms with Gasteiger partial charge in [-0.3, -0.25) is 18.8 Å². The predicted octanol–water partition coefficient (Wildman–Crippen LogP) is 6.72. The molecule has 0 bridgehead atoms. The molecule has 0 saturated carbocycles. The zero-order valence-corrected chi connectivity index (χ0v) is 29.0. The average Bonchev–Trinajstić information content (AvgIpc) is 3.84. The molecule has 0 saturated heterocycles. The van der Waals surface area contributed by atoms with Crippen LogP contribution in [-0.4, -0.2) is 39.0 Å². The zero-order chi connectivity index (χ0) is 37.2. The molecule has 3 aromatic heterocycles. The van der Waals surface area contributed by atoms with Crippen molar-refractivity contribution in [3.8, 4) is 5.75 Å². The molecule has 16 heteroatoms. The quantitative estimate of drug-likeness (QED) is 0.0720. The van der Waals surface area contributed by atoms with Crippen molar-refractivity contribution in [3.05, 3.63) is 119 Å². The molecule has 0 fully saturated rings. The number of aromatic nitrogens is 1. The summed E-state index contributed by atoms with van der Waals surface area (Å²) in [6, 6.07) is 20.9. The summed E-state index contributed by atoms with van der Waals surface area (Å²) in [5.74, 6) is -1.89. The Balaban J connectivity index is 1.35. The fourth-order valence-electron chi connectivity index (χ4n) is 6.31. The highest BCUT2D eigenvalue weighted by Gasteiger charge is 2.37. The number of methoxy groups -OCH3 is 1. The van der Waals surface area contributed by atoms with Gasteiger partial charge in [0.05, 0.1) is 31.4 Å². The van der Waals surface area contributed by atoms with Gasteiger partial charge < -0.3 is 22.7 Å². The van der Waals surface area contributed by atoms with Gasteiger partial charge in [-0.15, -0.1) is 4.57 Å². The minimum absolute atomic E-state index is 0.0633. The van der Waals surface area contributed by atoms with E-state index < -0.39 is 43.5 Å². The monoisotopic (exact) mass is 753 g/mol. The van der Waals surface area contributed by atoms with Gasteiger partial charge in [0.2, 0.25) is 16.5 Å². The molecular weight excluding hydrogens is 729 g/mol. The maximum absolute atomic E-state index is 12.8. The van der Waals surface area contributed by atoms with Crippen LogP contribution >= 0.6 is 0 Å². The van der Waals surface area contributed by atoms with Crippen LogP contribution in [0.2, 0.25) is 0 Å². The van der Waals surface area contributed by atoms with Crippen molar-refractivity contribution < 1.29 is 58.0 Å². The highest BCUT2D eigenvalue weighted by Crippen LogP contribution is 2.47. The van der Waals surface area contributed by atoms with E-state index in [1.54, 1.807) is 36.4 Å². The number of furan rings is 2. The van der Waals surface area contributed by atoms with E-state index in [1.165, 1.54) is 22.8 Å². The summed E-state index contributed by atoms with van der Waals surface area (Å²) in [7, 11) is -8.52.